The van der Waals surface area contributed by atoms with Gasteiger partial charge in [-0.1, -0.05) is 78.9 Å². The number of fused-ring (bicyclic) bond motifs is 1. The van der Waals surface area contributed by atoms with Gasteiger partial charge >= 0.3 is 0 Å². The monoisotopic (exact) mass is 427 g/mol. The summed E-state index contributed by atoms with van der Waals surface area (Å²) in [6, 6.07) is 33.5. The molecule has 0 atom stereocenters. The molecule has 2 aromatic heterocycles. The van der Waals surface area contributed by atoms with Crippen molar-refractivity contribution in [3.63, 3.8) is 0 Å². The van der Waals surface area contributed by atoms with Crippen LogP contribution in [-0.2, 0) is 0 Å². The van der Waals surface area contributed by atoms with Crippen molar-refractivity contribution in [1.82, 2.24) is 14.5 Å². The zero-order chi connectivity index (χ0) is 22.2. The molecule has 0 saturated carbocycles. The molecule has 33 heavy (non-hydrogen) atoms. The lowest BCUT2D eigenvalue weighted by molar-refractivity contribution is 0.561. The highest BCUT2D eigenvalue weighted by Gasteiger charge is 2.18. The van der Waals surface area contributed by atoms with Crippen LogP contribution in [0.15, 0.2) is 114 Å². The summed E-state index contributed by atoms with van der Waals surface area (Å²) < 4.78 is 7.97. The van der Waals surface area contributed by atoms with Crippen molar-refractivity contribution in [3.8, 4) is 39.3 Å². The summed E-state index contributed by atoms with van der Waals surface area (Å²) in [6.45, 7) is 1.86. The summed E-state index contributed by atoms with van der Waals surface area (Å²) in [4.78, 5) is 9.18. The van der Waals surface area contributed by atoms with Gasteiger partial charge in [0, 0.05) is 36.0 Å². The number of aromatic nitrogens is 3. The molecule has 4 heteroatoms. The van der Waals surface area contributed by atoms with E-state index < -0.39 is 0 Å². The molecule has 4 aromatic carbocycles. The predicted molar refractivity (Wildman–Crippen MR) is 132 cm³/mol. The van der Waals surface area contributed by atoms with Gasteiger partial charge in [-0.2, -0.15) is 0 Å². The fraction of sp³-hybridized carbons (Fsp3) is 0.0345. The molecule has 6 rings (SSSR count). The van der Waals surface area contributed by atoms with Crippen molar-refractivity contribution in [1.29, 1.82) is 0 Å². The lowest BCUT2D eigenvalue weighted by Crippen LogP contribution is -2.02. The van der Waals surface area contributed by atoms with Crippen molar-refractivity contribution in [2.24, 2.45) is 0 Å². The third kappa shape index (κ3) is 3.42. The minimum atomic E-state index is 0.659. The van der Waals surface area contributed by atoms with E-state index in [0.717, 1.165) is 50.4 Å². The minimum Gasteiger partial charge on any atom is -0.441 e. The van der Waals surface area contributed by atoms with Crippen molar-refractivity contribution < 1.29 is 4.42 Å². The summed E-state index contributed by atoms with van der Waals surface area (Å²) >= 11 is 0. The van der Waals surface area contributed by atoms with Gasteiger partial charge in [-0.15, -0.1) is 0 Å². The molecule has 158 valence electrons. The summed E-state index contributed by atoms with van der Waals surface area (Å²) in [7, 11) is 0. The highest BCUT2D eigenvalue weighted by atomic mass is 16.3. The van der Waals surface area contributed by atoms with E-state index in [4.69, 9.17) is 9.40 Å². The highest BCUT2D eigenvalue weighted by Crippen LogP contribution is 2.38. The molecule has 0 fully saturated rings. The van der Waals surface area contributed by atoms with Gasteiger partial charge in [0.05, 0.1) is 5.69 Å². The molecule has 0 unspecified atom stereocenters. The van der Waals surface area contributed by atoms with Gasteiger partial charge in [-0.05, 0) is 29.3 Å². The number of hydrogen-bond acceptors (Lipinski definition) is 3. The number of para-hydroxylation sites is 1. The molecular weight excluding hydrogens is 406 g/mol. The van der Waals surface area contributed by atoms with Crippen molar-refractivity contribution in [2.45, 2.75) is 6.92 Å². The summed E-state index contributed by atoms with van der Waals surface area (Å²) in [5.41, 5.74) is 8.29. The third-order valence-electron chi connectivity index (χ3n) is 5.84. The fourth-order valence-electron chi connectivity index (χ4n) is 4.38. The van der Waals surface area contributed by atoms with E-state index in [2.05, 4.69) is 82.3 Å². The van der Waals surface area contributed by atoms with Crippen LogP contribution in [0.25, 0.3) is 50.4 Å². The number of oxazole rings is 1. The van der Waals surface area contributed by atoms with E-state index in [9.17, 15) is 0 Å². The maximum Gasteiger partial charge on any atom is 0.192 e. The fourth-order valence-corrected chi connectivity index (χ4v) is 4.38. The van der Waals surface area contributed by atoms with E-state index in [1.165, 1.54) is 0 Å². The van der Waals surface area contributed by atoms with Gasteiger partial charge in [-0.25, -0.2) is 9.97 Å². The van der Waals surface area contributed by atoms with E-state index >= 15 is 0 Å². The average Bonchev–Trinajstić information content (AvgIpc) is 3.50. The van der Waals surface area contributed by atoms with Crippen LogP contribution >= 0.6 is 0 Å². The molecule has 0 saturated heterocycles. The first-order valence-electron chi connectivity index (χ1n) is 10.9. The number of rotatable bonds is 4. The largest absolute Gasteiger partial charge is 0.441 e. The van der Waals surface area contributed by atoms with Crippen LogP contribution in [-0.4, -0.2) is 14.5 Å². The van der Waals surface area contributed by atoms with Crippen LogP contribution in [0.5, 0.6) is 0 Å². The summed E-state index contributed by atoms with van der Waals surface area (Å²) in [5, 5.41) is 0. The Morgan fingerprint density at radius 1 is 0.697 bits per heavy atom. The first-order valence-corrected chi connectivity index (χ1v) is 10.9. The Morgan fingerprint density at radius 2 is 1.36 bits per heavy atom. The molecule has 0 radical (unpaired) electrons. The Hall–Kier alpha value is -4.44. The second-order valence-electron chi connectivity index (χ2n) is 7.97. The quantitative estimate of drug-likeness (QED) is 0.296. The number of aryl methyl sites for hydroxylation is 1. The van der Waals surface area contributed by atoms with Crippen molar-refractivity contribution in [2.75, 3.05) is 0 Å². The van der Waals surface area contributed by atoms with Crippen molar-refractivity contribution in [3.05, 3.63) is 115 Å². The molecule has 0 N–H and O–H groups in total. The van der Waals surface area contributed by atoms with E-state index in [0.29, 0.717) is 5.89 Å². The van der Waals surface area contributed by atoms with Gasteiger partial charge in [0.25, 0.3) is 0 Å². The molecule has 2 heterocycles. The van der Waals surface area contributed by atoms with Gasteiger partial charge in [0.1, 0.15) is 11.3 Å². The Morgan fingerprint density at radius 3 is 2.03 bits per heavy atom. The average molecular weight is 428 g/mol. The van der Waals surface area contributed by atoms with E-state index in [1.807, 2.05) is 43.6 Å². The number of imidazole rings is 1. The molecule has 0 bridgehead atoms. The van der Waals surface area contributed by atoms with Gasteiger partial charge in [0.2, 0.25) is 0 Å². The van der Waals surface area contributed by atoms with Crippen LogP contribution in [0.4, 0.5) is 0 Å². The molecule has 0 spiro atoms. The SMILES string of the molecule is Cc1nc2ccc(-c3nccn3-c3c(-c4ccccc4)cccc3-c3ccccc3)cc2o1. The van der Waals surface area contributed by atoms with Crippen LogP contribution < -0.4 is 0 Å². The molecule has 0 aliphatic heterocycles. The zero-order valence-corrected chi connectivity index (χ0v) is 18.1. The summed E-state index contributed by atoms with van der Waals surface area (Å²) in [5.74, 6) is 1.51. The topological polar surface area (TPSA) is 43.9 Å². The molecule has 0 aliphatic rings. The summed E-state index contributed by atoms with van der Waals surface area (Å²) in [6.07, 6.45) is 3.88. The Labute approximate surface area is 191 Å². The second-order valence-corrected chi connectivity index (χ2v) is 7.97. The van der Waals surface area contributed by atoms with E-state index in [1.54, 1.807) is 0 Å². The smallest absolute Gasteiger partial charge is 0.192 e. The first-order chi connectivity index (χ1) is 16.3. The van der Waals surface area contributed by atoms with Crippen LogP contribution in [0, 0.1) is 6.92 Å². The number of benzene rings is 4. The number of hydrogen-bond donors (Lipinski definition) is 0. The Balaban J connectivity index is 1.62. The van der Waals surface area contributed by atoms with Crippen molar-refractivity contribution >= 4 is 11.1 Å². The highest BCUT2D eigenvalue weighted by molar-refractivity contribution is 5.87. The molecule has 4 nitrogen and oxygen atoms in total. The van der Waals surface area contributed by atoms with Gasteiger partial charge in [0.15, 0.2) is 11.5 Å². The number of nitrogens with zero attached hydrogens (tertiary/aromatic N) is 3. The van der Waals surface area contributed by atoms with Crippen LogP contribution in [0.1, 0.15) is 5.89 Å². The minimum absolute atomic E-state index is 0.659. The first kappa shape index (κ1) is 19.3. The van der Waals surface area contributed by atoms with E-state index in [-0.39, 0.29) is 0 Å². The molecule has 6 aromatic rings. The Kier molecular flexibility index (Phi) is 4.62. The lowest BCUT2D eigenvalue weighted by atomic mass is 9.95. The normalized spacial score (nSPS) is 11.2. The second kappa shape index (κ2) is 7.92. The maximum atomic E-state index is 5.79. The standard InChI is InChI=1S/C29H21N3O/c1-20-31-26-16-15-23(19-27(26)33-20)29-30-17-18-32(29)28-24(21-9-4-2-5-10-21)13-8-14-25(28)22-11-6-3-7-12-22/h2-19H,1H3. The predicted octanol–water partition coefficient (Wildman–Crippen LogP) is 7.32. The molecule has 0 aliphatic carbocycles. The van der Waals surface area contributed by atoms with Gasteiger partial charge in [-0.3, -0.25) is 4.57 Å². The molecular formula is C29H21N3O. The lowest BCUT2D eigenvalue weighted by Gasteiger charge is -2.18. The van der Waals surface area contributed by atoms with Crippen LogP contribution in [0.3, 0.4) is 0 Å². The third-order valence-corrected chi connectivity index (χ3v) is 5.84. The van der Waals surface area contributed by atoms with Crippen LogP contribution in [0.2, 0.25) is 0 Å². The maximum absolute atomic E-state index is 5.79. The Bertz CT molecular complexity index is 1510. The van der Waals surface area contributed by atoms with Gasteiger partial charge < -0.3 is 4.42 Å². The zero-order valence-electron chi connectivity index (χ0n) is 18.1. The molecule has 0 amide bonds.